The molecule has 2 unspecified atom stereocenters. The van der Waals surface area contributed by atoms with Crippen LogP contribution in [0.4, 0.5) is 11.4 Å². The maximum atomic E-state index is 13.3. The molecule has 4 atom stereocenters. The van der Waals surface area contributed by atoms with E-state index in [1.165, 1.54) is 0 Å². The topological polar surface area (TPSA) is 133 Å². The zero-order chi connectivity index (χ0) is 34.1. The van der Waals surface area contributed by atoms with E-state index in [1.807, 2.05) is 72.8 Å². The van der Waals surface area contributed by atoms with Crippen molar-refractivity contribution in [1.29, 1.82) is 0 Å². The Balaban J connectivity index is 1.23. The molecule has 8 heteroatoms. The van der Waals surface area contributed by atoms with E-state index in [9.17, 15) is 29.4 Å². The number of rotatable bonds is 8. The second-order valence-corrected chi connectivity index (χ2v) is 13.6. The predicted octanol–water partition coefficient (Wildman–Crippen LogP) is 7.71. The number of fused-ring (bicyclic) bond motifs is 3. The Labute approximate surface area is 285 Å². The van der Waals surface area contributed by atoms with Crippen LogP contribution >= 0.6 is 0 Å². The third-order valence-corrected chi connectivity index (χ3v) is 11.0. The molecular weight excluding hydrogens is 616 g/mol. The first-order valence-electron chi connectivity index (χ1n) is 17.3. The third-order valence-electron chi connectivity index (χ3n) is 11.0. The van der Waals surface area contributed by atoms with Crippen molar-refractivity contribution in [2.24, 2.45) is 23.7 Å². The minimum Gasteiger partial charge on any atom is -0.481 e. The number of anilines is 2. The summed E-state index contributed by atoms with van der Waals surface area (Å²) < 4.78 is 0. The lowest BCUT2D eigenvalue weighted by Gasteiger charge is -2.34. The molecule has 3 aliphatic carbocycles. The molecule has 4 aromatic carbocycles. The molecule has 0 saturated heterocycles. The average molecular weight is 657 g/mol. The highest BCUT2D eigenvalue weighted by Crippen LogP contribution is 2.56. The lowest BCUT2D eigenvalue weighted by Crippen LogP contribution is -2.36. The van der Waals surface area contributed by atoms with Crippen LogP contribution in [-0.4, -0.2) is 34.0 Å². The van der Waals surface area contributed by atoms with Gasteiger partial charge in [0.05, 0.1) is 29.1 Å². The van der Waals surface area contributed by atoms with E-state index in [0.29, 0.717) is 37.1 Å². The highest BCUT2D eigenvalue weighted by atomic mass is 16.4. The Bertz CT molecular complexity index is 1760. The highest BCUT2D eigenvalue weighted by Gasteiger charge is 2.46. The number of nitrogens with one attached hydrogen (secondary N) is 2. The van der Waals surface area contributed by atoms with Crippen molar-refractivity contribution >= 4 is 35.1 Å². The van der Waals surface area contributed by atoms with Gasteiger partial charge in [0.15, 0.2) is 0 Å². The first-order valence-corrected chi connectivity index (χ1v) is 17.3. The summed E-state index contributed by atoms with van der Waals surface area (Å²) in [5.74, 6) is -4.80. The second-order valence-electron chi connectivity index (χ2n) is 13.6. The standard InChI is InChI=1S/C41H40N2O6/c44-37(31-11-1-3-13-33(31)39(46)47)42-27-21-17-25(18-22-27)41(35-15-7-5-9-29(35)30-10-6-8-16-36(30)41)26-19-23-28(24-20-26)43-38(45)32-12-2-4-14-34(32)40(48)49/h5-10,15-24,31-34H,1-4,11-14H2,(H,42,44)(H,43,45)(H,46,47)(H,48,49)/t31?,32?,33-,34-/m0/s1. The Morgan fingerprint density at radius 1 is 0.490 bits per heavy atom. The Hall–Kier alpha value is -5.24. The number of hydrogen-bond acceptors (Lipinski definition) is 4. The van der Waals surface area contributed by atoms with E-state index in [-0.39, 0.29) is 11.8 Å². The van der Waals surface area contributed by atoms with Gasteiger partial charge < -0.3 is 20.8 Å². The van der Waals surface area contributed by atoms with Crippen LogP contribution < -0.4 is 10.6 Å². The predicted molar refractivity (Wildman–Crippen MR) is 187 cm³/mol. The normalized spacial score (nSPS) is 22.3. The van der Waals surface area contributed by atoms with Crippen LogP contribution in [0.2, 0.25) is 0 Å². The number of carbonyl (C=O) groups is 4. The number of carboxylic acids is 2. The molecule has 4 N–H and O–H groups in total. The molecule has 0 spiro atoms. The molecule has 0 aliphatic heterocycles. The van der Waals surface area contributed by atoms with Crippen LogP contribution in [0.25, 0.3) is 11.1 Å². The molecule has 3 aliphatic rings. The molecule has 2 amide bonds. The number of aliphatic carboxylic acids is 2. The molecular formula is C41H40N2O6. The number of carbonyl (C=O) groups excluding carboxylic acids is 2. The van der Waals surface area contributed by atoms with Crippen molar-refractivity contribution in [2.75, 3.05) is 10.6 Å². The van der Waals surface area contributed by atoms with E-state index in [0.717, 1.165) is 59.1 Å². The Morgan fingerprint density at radius 3 is 1.20 bits per heavy atom. The zero-order valence-electron chi connectivity index (χ0n) is 27.2. The quantitative estimate of drug-likeness (QED) is 0.135. The number of carboxylic acid groups (broad SMARTS) is 2. The van der Waals surface area contributed by atoms with Crippen LogP contribution in [0.5, 0.6) is 0 Å². The fraction of sp³-hybridized carbons (Fsp3) is 0.317. The van der Waals surface area contributed by atoms with Crippen molar-refractivity contribution in [3.63, 3.8) is 0 Å². The van der Waals surface area contributed by atoms with Gasteiger partial charge in [0.1, 0.15) is 0 Å². The summed E-state index contributed by atoms with van der Waals surface area (Å²) in [6.07, 6.45) is 5.48. The molecule has 7 rings (SSSR count). The fourth-order valence-electron chi connectivity index (χ4n) is 8.58. The van der Waals surface area contributed by atoms with E-state index in [1.54, 1.807) is 0 Å². The van der Waals surface area contributed by atoms with Crippen molar-refractivity contribution in [2.45, 2.75) is 56.8 Å². The first kappa shape index (κ1) is 32.3. The van der Waals surface area contributed by atoms with Crippen LogP contribution in [0.15, 0.2) is 97.1 Å². The molecule has 0 aromatic heterocycles. The summed E-state index contributed by atoms with van der Waals surface area (Å²) in [7, 11) is 0. The Morgan fingerprint density at radius 2 is 0.837 bits per heavy atom. The maximum Gasteiger partial charge on any atom is 0.307 e. The zero-order valence-corrected chi connectivity index (χ0v) is 27.2. The lowest BCUT2D eigenvalue weighted by molar-refractivity contribution is -0.148. The molecule has 49 heavy (non-hydrogen) atoms. The van der Waals surface area contributed by atoms with Crippen LogP contribution in [0.3, 0.4) is 0 Å². The lowest BCUT2D eigenvalue weighted by atomic mass is 9.67. The molecule has 250 valence electrons. The van der Waals surface area contributed by atoms with Gasteiger partial charge in [-0.25, -0.2) is 0 Å². The summed E-state index contributed by atoms with van der Waals surface area (Å²) in [5.41, 5.74) is 6.99. The number of hydrogen-bond donors (Lipinski definition) is 4. The van der Waals surface area contributed by atoms with Crippen molar-refractivity contribution in [1.82, 2.24) is 0 Å². The average Bonchev–Trinajstić information content (AvgIpc) is 3.43. The number of amides is 2. The maximum absolute atomic E-state index is 13.3. The van der Waals surface area contributed by atoms with Gasteiger partial charge in [-0.05, 0) is 83.3 Å². The minimum absolute atomic E-state index is 0.258. The van der Waals surface area contributed by atoms with Gasteiger partial charge in [-0.2, -0.15) is 0 Å². The van der Waals surface area contributed by atoms with Crippen LogP contribution in [0.1, 0.15) is 73.6 Å². The molecule has 8 nitrogen and oxygen atoms in total. The molecule has 0 radical (unpaired) electrons. The summed E-state index contributed by atoms with van der Waals surface area (Å²) in [5, 5.41) is 25.4. The van der Waals surface area contributed by atoms with E-state index >= 15 is 0 Å². The van der Waals surface area contributed by atoms with Crippen molar-refractivity contribution in [3.8, 4) is 11.1 Å². The fourth-order valence-corrected chi connectivity index (χ4v) is 8.58. The van der Waals surface area contributed by atoms with E-state index < -0.39 is 41.0 Å². The Kier molecular flexibility index (Phi) is 8.80. The van der Waals surface area contributed by atoms with Gasteiger partial charge in [-0.3, -0.25) is 19.2 Å². The summed E-state index contributed by atoms with van der Waals surface area (Å²) in [6, 6.07) is 32.3. The summed E-state index contributed by atoms with van der Waals surface area (Å²) >= 11 is 0. The first-order chi connectivity index (χ1) is 23.8. The van der Waals surface area contributed by atoms with Gasteiger partial charge in [0, 0.05) is 11.4 Å². The third kappa shape index (κ3) is 5.79. The van der Waals surface area contributed by atoms with Crippen molar-refractivity contribution < 1.29 is 29.4 Å². The van der Waals surface area contributed by atoms with Crippen molar-refractivity contribution in [3.05, 3.63) is 119 Å². The molecule has 2 saturated carbocycles. The summed E-state index contributed by atoms with van der Waals surface area (Å²) in [6.45, 7) is 0. The van der Waals surface area contributed by atoms with Gasteiger partial charge in [0.25, 0.3) is 0 Å². The van der Waals surface area contributed by atoms with Crippen LogP contribution in [0, 0.1) is 23.7 Å². The summed E-state index contributed by atoms with van der Waals surface area (Å²) in [4.78, 5) is 50.2. The SMILES string of the molecule is O=C(Nc1ccc(C2(c3ccc(NC(=O)C4CCCC[C@@H]4C(=O)O)cc3)c3ccccc3-c3ccccc32)cc1)C1CCCC[C@@H]1C(=O)O. The smallest absolute Gasteiger partial charge is 0.307 e. The van der Waals surface area contributed by atoms with E-state index in [2.05, 4.69) is 34.9 Å². The van der Waals surface area contributed by atoms with Gasteiger partial charge >= 0.3 is 11.9 Å². The largest absolute Gasteiger partial charge is 0.481 e. The van der Waals surface area contributed by atoms with E-state index in [4.69, 9.17) is 0 Å². The van der Waals surface area contributed by atoms with Gasteiger partial charge in [0.2, 0.25) is 11.8 Å². The number of benzene rings is 4. The highest BCUT2D eigenvalue weighted by molar-refractivity contribution is 5.96. The van der Waals surface area contributed by atoms with Gasteiger partial charge in [-0.1, -0.05) is 98.5 Å². The molecule has 0 bridgehead atoms. The molecule has 4 aromatic rings. The van der Waals surface area contributed by atoms with Gasteiger partial charge in [-0.15, -0.1) is 0 Å². The molecule has 0 heterocycles. The monoisotopic (exact) mass is 656 g/mol. The second kappa shape index (κ2) is 13.3. The minimum atomic E-state index is -0.917. The molecule has 2 fully saturated rings. The van der Waals surface area contributed by atoms with Crippen LogP contribution in [-0.2, 0) is 24.6 Å².